The molecule has 0 aromatic carbocycles. The number of amides is 1. The van der Waals surface area contributed by atoms with Crippen LogP contribution in [0.25, 0.3) is 11.3 Å². The van der Waals surface area contributed by atoms with Crippen LogP contribution in [0.15, 0.2) is 30.6 Å². The van der Waals surface area contributed by atoms with Crippen LogP contribution in [0.5, 0.6) is 0 Å². The standard InChI is InChI=1S/C20H19ClN6O/c1-10-8-22-23-9-15(10)16-7-19(26-25-16)27-17-6-13(17)14(20(27)28)5-12-3-4-18(21)24-11(12)2/h3-4,7-9,13-14,17H,5-6H2,1-2H3,(H,25,26)/t13-,14+,17-/m0/s1. The molecule has 142 valence electrons. The molecule has 1 saturated heterocycles. The molecule has 7 nitrogen and oxygen atoms in total. The molecule has 3 aromatic rings. The van der Waals surface area contributed by atoms with E-state index in [1.165, 1.54) is 0 Å². The van der Waals surface area contributed by atoms with Crippen molar-refractivity contribution in [1.82, 2.24) is 25.4 Å². The molecular formula is C20H19ClN6O. The Kier molecular flexibility index (Phi) is 3.94. The zero-order valence-corrected chi connectivity index (χ0v) is 16.3. The third-order valence-electron chi connectivity index (χ3n) is 5.84. The van der Waals surface area contributed by atoms with Crippen LogP contribution in [0.2, 0.25) is 5.15 Å². The molecule has 1 N–H and O–H groups in total. The maximum absolute atomic E-state index is 13.1. The Labute approximate surface area is 167 Å². The number of piperidine rings is 1. The van der Waals surface area contributed by atoms with Crippen LogP contribution in [-0.4, -0.2) is 37.3 Å². The summed E-state index contributed by atoms with van der Waals surface area (Å²) in [7, 11) is 0. The number of hydrogen-bond donors (Lipinski definition) is 1. The molecule has 0 radical (unpaired) electrons. The van der Waals surface area contributed by atoms with Gasteiger partial charge in [0.15, 0.2) is 5.82 Å². The molecule has 1 aliphatic heterocycles. The van der Waals surface area contributed by atoms with Crippen molar-refractivity contribution in [3.8, 4) is 11.3 Å². The highest BCUT2D eigenvalue weighted by Gasteiger charge is 2.59. The van der Waals surface area contributed by atoms with Gasteiger partial charge in [0.1, 0.15) is 5.15 Å². The first-order valence-electron chi connectivity index (χ1n) is 9.31. The first-order chi connectivity index (χ1) is 13.5. The van der Waals surface area contributed by atoms with E-state index in [9.17, 15) is 4.79 Å². The predicted molar refractivity (Wildman–Crippen MR) is 105 cm³/mol. The molecule has 1 aliphatic carbocycles. The van der Waals surface area contributed by atoms with E-state index in [-0.39, 0.29) is 17.9 Å². The quantitative estimate of drug-likeness (QED) is 0.687. The van der Waals surface area contributed by atoms with E-state index in [2.05, 4.69) is 25.4 Å². The number of aryl methyl sites for hydroxylation is 2. The number of halogens is 1. The molecule has 2 fully saturated rings. The third-order valence-corrected chi connectivity index (χ3v) is 6.05. The van der Waals surface area contributed by atoms with Crippen LogP contribution in [0, 0.1) is 25.7 Å². The summed E-state index contributed by atoms with van der Waals surface area (Å²) in [5, 5.41) is 15.8. The van der Waals surface area contributed by atoms with Crippen molar-refractivity contribution in [2.45, 2.75) is 32.7 Å². The minimum atomic E-state index is -0.0313. The van der Waals surface area contributed by atoms with Gasteiger partial charge in [-0.2, -0.15) is 15.3 Å². The number of carbonyl (C=O) groups excluding carboxylic acids is 1. The largest absolute Gasteiger partial charge is 0.292 e. The maximum atomic E-state index is 13.1. The molecule has 2 aliphatic rings. The number of rotatable bonds is 4. The lowest BCUT2D eigenvalue weighted by atomic mass is 9.94. The molecule has 28 heavy (non-hydrogen) atoms. The Hall–Kier alpha value is -2.80. The van der Waals surface area contributed by atoms with Crippen molar-refractivity contribution in [3.63, 3.8) is 0 Å². The lowest BCUT2D eigenvalue weighted by Crippen LogP contribution is -2.32. The van der Waals surface area contributed by atoms with Gasteiger partial charge in [-0.05, 0) is 49.8 Å². The zero-order valence-electron chi connectivity index (χ0n) is 15.6. The zero-order chi connectivity index (χ0) is 19.4. The van der Waals surface area contributed by atoms with Crippen LogP contribution in [0.4, 0.5) is 5.82 Å². The molecule has 1 saturated carbocycles. The van der Waals surface area contributed by atoms with E-state index in [4.69, 9.17) is 11.6 Å². The second-order valence-electron chi connectivity index (χ2n) is 7.59. The normalized spacial score (nSPS) is 23.2. The maximum Gasteiger partial charge on any atom is 0.232 e. The molecular weight excluding hydrogens is 376 g/mol. The number of hydrogen-bond acceptors (Lipinski definition) is 5. The van der Waals surface area contributed by atoms with Gasteiger partial charge in [-0.25, -0.2) is 4.98 Å². The van der Waals surface area contributed by atoms with Crippen LogP contribution >= 0.6 is 11.6 Å². The van der Waals surface area contributed by atoms with Gasteiger partial charge >= 0.3 is 0 Å². The van der Waals surface area contributed by atoms with Crippen LogP contribution in [-0.2, 0) is 11.2 Å². The number of nitrogens with one attached hydrogen (secondary N) is 1. The highest BCUT2D eigenvalue weighted by Crippen LogP contribution is 2.51. The summed E-state index contributed by atoms with van der Waals surface area (Å²) in [6, 6.07) is 5.93. The van der Waals surface area contributed by atoms with E-state index in [1.807, 2.05) is 30.9 Å². The van der Waals surface area contributed by atoms with Gasteiger partial charge in [0.2, 0.25) is 5.91 Å². The van der Waals surface area contributed by atoms with Gasteiger partial charge in [0, 0.05) is 29.3 Å². The summed E-state index contributed by atoms with van der Waals surface area (Å²) in [5.74, 6) is 1.17. The number of H-pyrrole nitrogens is 1. The second kappa shape index (κ2) is 6.38. The average Bonchev–Trinajstić information content (AvgIpc) is 3.18. The summed E-state index contributed by atoms with van der Waals surface area (Å²) in [4.78, 5) is 19.3. The molecule has 8 heteroatoms. The number of aromatic amines is 1. The Morgan fingerprint density at radius 1 is 1.25 bits per heavy atom. The minimum absolute atomic E-state index is 0.0313. The fourth-order valence-corrected chi connectivity index (χ4v) is 4.41. The van der Waals surface area contributed by atoms with E-state index in [0.717, 1.165) is 34.5 Å². The molecule has 4 heterocycles. The van der Waals surface area contributed by atoms with Gasteiger partial charge in [-0.1, -0.05) is 17.7 Å². The number of pyridine rings is 1. The van der Waals surface area contributed by atoms with Gasteiger partial charge in [0.05, 0.1) is 18.1 Å². The summed E-state index contributed by atoms with van der Waals surface area (Å²) in [6.07, 6.45) is 5.13. The van der Waals surface area contributed by atoms with Crippen molar-refractivity contribution < 1.29 is 4.79 Å². The molecule has 3 aromatic heterocycles. The van der Waals surface area contributed by atoms with Gasteiger partial charge in [-0.3, -0.25) is 14.8 Å². The Bertz CT molecular complexity index is 1080. The number of carbonyl (C=O) groups is 1. The minimum Gasteiger partial charge on any atom is -0.292 e. The third kappa shape index (κ3) is 2.77. The highest BCUT2D eigenvalue weighted by atomic mass is 35.5. The van der Waals surface area contributed by atoms with Crippen LogP contribution in [0.1, 0.15) is 23.2 Å². The molecule has 0 spiro atoms. The first kappa shape index (κ1) is 17.3. The Morgan fingerprint density at radius 3 is 2.86 bits per heavy atom. The van der Waals surface area contributed by atoms with Gasteiger partial charge in [-0.15, -0.1) is 0 Å². The van der Waals surface area contributed by atoms with Crippen LogP contribution in [0.3, 0.4) is 0 Å². The van der Waals surface area contributed by atoms with Crippen molar-refractivity contribution in [2.75, 3.05) is 4.90 Å². The lowest BCUT2D eigenvalue weighted by Gasteiger charge is -2.18. The average molecular weight is 395 g/mol. The molecule has 0 bridgehead atoms. The summed E-state index contributed by atoms with van der Waals surface area (Å²) in [5.41, 5.74) is 4.75. The second-order valence-corrected chi connectivity index (χ2v) is 7.98. The van der Waals surface area contributed by atoms with Crippen molar-refractivity contribution in [3.05, 3.63) is 52.6 Å². The summed E-state index contributed by atoms with van der Waals surface area (Å²) < 4.78 is 0. The van der Waals surface area contributed by atoms with E-state index < -0.39 is 0 Å². The molecule has 1 amide bonds. The smallest absolute Gasteiger partial charge is 0.232 e. The Balaban J connectivity index is 1.40. The van der Waals surface area contributed by atoms with Crippen molar-refractivity contribution >= 4 is 23.3 Å². The SMILES string of the molecule is Cc1cnncc1-c1cc(N2C(=O)[C@H](Cc3ccc(Cl)nc3C)[C@@H]3C[C@@H]32)n[nH]1. The molecule has 0 unspecified atom stereocenters. The van der Waals surface area contributed by atoms with E-state index >= 15 is 0 Å². The molecule has 5 rings (SSSR count). The van der Waals surface area contributed by atoms with Crippen molar-refractivity contribution in [2.24, 2.45) is 11.8 Å². The molecule has 3 atom stereocenters. The van der Waals surface area contributed by atoms with E-state index in [1.54, 1.807) is 18.5 Å². The first-order valence-corrected chi connectivity index (χ1v) is 9.69. The number of fused-ring (bicyclic) bond motifs is 1. The summed E-state index contributed by atoms with van der Waals surface area (Å²) in [6.45, 7) is 3.91. The van der Waals surface area contributed by atoms with Crippen LogP contribution < -0.4 is 4.90 Å². The number of nitrogens with zero attached hydrogens (tertiary/aromatic N) is 5. The van der Waals surface area contributed by atoms with E-state index in [0.29, 0.717) is 23.3 Å². The predicted octanol–water partition coefficient (Wildman–Crippen LogP) is 3.13. The number of anilines is 1. The number of aromatic nitrogens is 5. The van der Waals surface area contributed by atoms with Gasteiger partial charge < -0.3 is 0 Å². The fraction of sp³-hybridized carbons (Fsp3) is 0.350. The highest BCUT2D eigenvalue weighted by molar-refractivity contribution is 6.29. The topological polar surface area (TPSA) is 87.7 Å². The van der Waals surface area contributed by atoms with Gasteiger partial charge in [0.25, 0.3) is 0 Å². The Morgan fingerprint density at radius 2 is 2.07 bits per heavy atom. The lowest BCUT2D eigenvalue weighted by molar-refractivity contribution is -0.121. The van der Waals surface area contributed by atoms with Crippen molar-refractivity contribution in [1.29, 1.82) is 0 Å². The fourth-order valence-electron chi connectivity index (χ4n) is 4.23. The monoisotopic (exact) mass is 394 g/mol. The summed E-state index contributed by atoms with van der Waals surface area (Å²) >= 11 is 5.96.